The summed E-state index contributed by atoms with van der Waals surface area (Å²) in [5, 5.41) is 17.4. The number of aromatic nitrogens is 2. The van der Waals surface area contributed by atoms with Gasteiger partial charge in [0, 0.05) is 23.7 Å². The molecule has 0 aliphatic heterocycles. The Balaban J connectivity index is 1.70. The topological polar surface area (TPSA) is 79.9 Å². The second-order valence-corrected chi connectivity index (χ2v) is 7.21. The molecule has 28 heavy (non-hydrogen) atoms. The van der Waals surface area contributed by atoms with E-state index in [1.165, 1.54) is 11.3 Å². The Morgan fingerprint density at radius 1 is 1.21 bits per heavy atom. The third kappa shape index (κ3) is 3.21. The van der Waals surface area contributed by atoms with Crippen LogP contribution in [0.15, 0.2) is 54.6 Å². The molecule has 0 spiro atoms. The van der Waals surface area contributed by atoms with Crippen LogP contribution in [-0.2, 0) is 7.05 Å². The molecule has 0 unspecified atom stereocenters. The van der Waals surface area contributed by atoms with Crippen LogP contribution >= 0.6 is 11.3 Å². The van der Waals surface area contributed by atoms with Gasteiger partial charge < -0.3 is 10.1 Å². The summed E-state index contributed by atoms with van der Waals surface area (Å²) in [6.07, 6.45) is 0. The second-order valence-electron chi connectivity index (χ2n) is 6.18. The second kappa shape index (κ2) is 7.18. The fraction of sp³-hybridized carbons (Fsp3) is 0.0952. The highest BCUT2D eigenvalue weighted by Gasteiger charge is 2.18. The molecule has 0 saturated heterocycles. The summed E-state index contributed by atoms with van der Waals surface area (Å²) >= 11 is 1.38. The van der Waals surface area contributed by atoms with E-state index in [0.29, 0.717) is 16.1 Å². The molecule has 1 N–H and O–H groups in total. The molecule has 6 nitrogen and oxygen atoms in total. The number of nitrogens with zero attached hydrogens (tertiary/aromatic N) is 3. The molecule has 4 rings (SSSR count). The van der Waals surface area contributed by atoms with Gasteiger partial charge in [0.25, 0.3) is 5.91 Å². The van der Waals surface area contributed by atoms with Crippen molar-refractivity contribution in [2.75, 3.05) is 12.4 Å². The minimum atomic E-state index is -0.215. The standard InChI is InChI=1S/C21H16N4O2S/c1-25-21-17(19(24-25)14-6-4-8-16(10-14)27-2)11-18(28-21)20(26)23-15-7-3-5-13(9-15)12-22/h3-11H,1-2H3,(H,23,26). The number of aryl methyl sites for hydroxylation is 1. The van der Waals surface area contributed by atoms with Crippen LogP contribution in [0.4, 0.5) is 5.69 Å². The Morgan fingerprint density at radius 3 is 2.82 bits per heavy atom. The highest BCUT2D eigenvalue weighted by atomic mass is 32.1. The normalized spacial score (nSPS) is 10.6. The van der Waals surface area contributed by atoms with E-state index < -0.39 is 0 Å². The van der Waals surface area contributed by atoms with E-state index in [1.807, 2.05) is 37.4 Å². The zero-order valence-electron chi connectivity index (χ0n) is 15.3. The van der Waals surface area contributed by atoms with Crippen LogP contribution in [0.1, 0.15) is 15.2 Å². The number of thiophene rings is 1. The average Bonchev–Trinajstić information content (AvgIpc) is 3.29. The van der Waals surface area contributed by atoms with E-state index in [9.17, 15) is 4.79 Å². The Bertz CT molecular complexity index is 1230. The highest BCUT2D eigenvalue weighted by Crippen LogP contribution is 2.35. The number of methoxy groups -OCH3 is 1. The number of benzene rings is 2. The van der Waals surface area contributed by atoms with Crippen molar-refractivity contribution in [2.45, 2.75) is 0 Å². The van der Waals surface area contributed by atoms with Gasteiger partial charge in [-0.15, -0.1) is 11.3 Å². The lowest BCUT2D eigenvalue weighted by molar-refractivity contribution is 0.103. The van der Waals surface area contributed by atoms with E-state index in [2.05, 4.69) is 16.5 Å². The van der Waals surface area contributed by atoms with Gasteiger partial charge in [-0.1, -0.05) is 18.2 Å². The average molecular weight is 388 g/mol. The number of hydrogen-bond donors (Lipinski definition) is 1. The molecular formula is C21H16N4O2S. The predicted molar refractivity (Wildman–Crippen MR) is 110 cm³/mol. The molecule has 2 heterocycles. The van der Waals surface area contributed by atoms with Crippen LogP contribution in [0.25, 0.3) is 21.5 Å². The van der Waals surface area contributed by atoms with Gasteiger partial charge in [0.05, 0.1) is 23.6 Å². The van der Waals surface area contributed by atoms with Gasteiger partial charge in [-0.2, -0.15) is 10.4 Å². The molecule has 1 amide bonds. The first-order valence-electron chi connectivity index (χ1n) is 8.51. The van der Waals surface area contributed by atoms with Gasteiger partial charge in [-0.25, -0.2) is 0 Å². The van der Waals surface area contributed by atoms with Crippen LogP contribution in [-0.4, -0.2) is 22.8 Å². The van der Waals surface area contributed by atoms with Crippen molar-refractivity contribution < 1.29 is 9.53 Å². The quantitative estimate of drug-likeness (QED) is 0.561. The van der Waals surface area contributed by atoms with Crippen molar-refractivity contribution in [3.63, 3.8) is 0 Å². The number of nitrogens with one attached hydrogen (secondary N) is 1. The number of amides is 1. The summed E-state index contributed by atoms with van der Waals surface area (Å²) in [6.45, 7) is 0. The summed E-state index contributed by atoms with van der Waals surface area (Å²) in [5.41, 5.74) is 2.82. The van der Waals surface area contributed by atoms with Crippen molar-refractivity contribution >= 4 is 33.1 Å². The minimum Gasteiger partial charge on any atom is -0.497 e. The molecule has 4 aromatic rings. The van der Waals surface area contributed by atoms with Gasteiger partial charge in [0.2, 0.25) is 0 Å². The van der Waals surface area contributed by atoms with Crippen molar-refractivity contribution in [3.05, 3.63) is 65.0 Å². The summed E-state index contributed by atoms with van der Waals surface area (Å²) in [6, 6.07) is 18.4. The predicted octanol–water partition coefficient (Wildman–Crippen LogP) is 4.43. The summed E-state index contributed by atoms with van der Waals surface area (Å²) < 4.78 is 7.08. The third-order valence-corrected chi connectivity index (χ3v) is 5.53. The van der Waals surface area contributed by atoms with E-state index in [-0.39, 0.29) is 5.91 Å². The number of fused-ring (bicyclic) bond motifs is 1. The van der Waals surface area contributed by atoms with Crippen LogP contribution in [0.5, 0.6) is 5.75 Å². The first kappa shape index (κ1) is 17.8. The molecule has 0 saturated carbocycles. The summed E-state index contributed by atoms with van der Waals surface area (Å²) in [7, 11) is 3.49. The van der Waals surface area contributed by atoms with Crippen LogP contribution < -0.4 is 10.1 Å². The summed E-state index contributed by atoms with van der Waals surface area (Å²) in [4.78, 5) is 14.2. The number of ether oxygens (including phenoxy) is 1. The van der Waals surface area contributed by atoms with Crippen LogP contribution in [0.3, 0.4) is 0 Å². The van der Waals surface area contributed by atoms with Gasteiger partial charge in [0.15, 0.2) is 0 Å². The SMILES string of the molecule is COc1cccc(-c2nn(C)c3sc(C(=O)Nc4cccc(C#N)c4)cc23)c1. The molecular weight excluding hydrogens is 372 g/mol. The van der Waals surface area contributed by atoms with E-state index in [0.717, 1.165) is 27.2 Å². The fourth-order valence-corrected chi connectivity index (χ4v) is 3.96. The first-order chi connectivity index (χ1) is 13.6. The molecule has 0 fully saturated rings. The number of anilines is 1. The third-order valence-electron chi connectivity index (χ3n) is 4.33. The minimum absolute atomic E-state index is 0.215. The molecule has 2 aromatic carbocycles. The fourth-order valence-electron chi connectivity index (χ4n) is 3.00. The lowest BCUT2D eigenvalue weighted by Gasteiger charge is -2.04. The molecule has 0 bridgehead atoms. The molecule has 0 radical (unpaired) electrons. The largest absolute Gasteiger partial charge is 0.497 e. The lowest BCUT2D eigenvalue weighted by atomic mass is 10.1. The van der Waals surface area contributed by atoms with E-state index in [1.54, 1.807) is 36.1 Å². The first-order valence-corrected chi connectivity index (χ1v) is 9.33. The monoisotopic (exact) mass is 388 g/mol. The smallest absolute Gasteiger partial charge is 0.265 e. The molecule has 0 aliphatic rings. The number of rotatable bonds is 4. The van der Waals surface area contributed by atoms with Crippen LogP contribution in [0.2, 0.25) is 0 Å². The number of carbonyl (C=O) groups excluding carboxylic acids is 1. The van der Waals surface area contributed by atoms with Crippen molar-refractivity contribution in [3.8, 4) is 23.1 Å². The Hall–Kier alpha value is -3.63. The van der Waals surface area contributed by atoms with E-state index >= 15 is 0 Å². The number of hydrogen-bond acceptors (Lipinski definition) is 5. The Kier molecular flexibility index (Phi) is 4.55. The van der Waals surface area contributed by atoms with Crippen molar-refractivity contribution in [1.29, 1.82) is 5.26 Å². The molecule has 7 heteroatoms. The van der Waals surface area contributed by atoms with Gasteiger partial charge in [-0.05, 0) is 36.4 Å². The van der Waals surface area contributed by atoms with Gasteiger partial charge in [-0.3, -0.25) is 9.48 Å². The highest BCUT2D eigenvalue weighted by molar-refractivity contribution is 7.20. The number of carbonyl (C=O) groups is 1. The zero-order chi connectivity index (χ0) is 19.7. The Morgan fingerprint density at radius 2 is 2.04 bits per heavy atom. The lowest BCUT2D eigenvalue weighted by Crippen LogP contribution is -2.10. The molecule has 2 aromatic heterocycles. The molecule has 0 aliphatic carbocycles. The summed E-state index contributed by atoms with van der Waals surface area (Å²) in [5.74, 6) is 0.537. The van der Waals surface area contributed by atoms with Crippen LogP contribution in [0, 0.1) is 11.3 Å². The molecule has 0 atom stereocenters. The number of nitriles is 1. The van der Waals surface area contributed by atoms with Gasteiger partial charge in [0.1, 0.15) is 16.3 Å². The van der Waals surface area contributed by atoms with E-state index in [4.69, 9.17) is 10.00 Å². The Labute approximate surface area is 165 Å². The van der Waals surface area contributed by atoms with Crippen molar-refractivity contribution in [2.24, 2.45) is 7.05 Å². The molecule has 138 valence electrons. The maximum atomic E-state index is 12.7. The van der Waals surface area contributed by atoms with Gasteiger partial charge >= 0.3 is 0 Å². The maximum absolute atomic E-state index is 12.7. The maximum Gasteiger partial charge on any atom is 0.265 e. The zero-order valence-corrected chi connectivity index (χ0v) is 16.1. The van der Waals surface area contributed by atoms with Crippen molar-refractivity contribution in [1.82, 2.24) is 9.78 Å².